The number of hydrogen-bond donors (Lipinski definition) is 2. The van der Waals surface area contributed by atoms with Gasteiger partial charge in [-0.25, -0.2) is 4.39 Å². The van der Waals surface area contributed by atoms with Crippen LogP contribution >= 0.6 is 0 Å². The molecular formula is C30H41FN4O3. The number of benzene rings is 2. The lowest BCUT2D eigenvalue weighted by Gasteiger charge is -2.43. The van der Waals surface area contributed by atoms with Crippen LogP contribution < -0.4 is 11.1 Å². The molecule has 4 rings (SSSR count). The fourth-order valence-corrected chi connectivity index (χ4v) is 5.62. The van der Waals surface area contributed by atoms with Crippen molar-refractivity contribution in [3.05, 3.63) is 71.0 Å². The van der Waals surface area contributed by atoms with E-state index < -0.39 is 6.04 Å². The third-order valence-electron chi connectivity index (χ3n) is 7.95. The lowest BCUT2D eigenvalue weighted by Crippen LogP contribution is -2.58. The number of ether oxygens (including phenoxy) is 1. The van der Waals surface area contributed by atoms with E-state index >= 15 is 0 Å². The molecule has 206 valence electrons. The minimum Gasteiger partial charge on any atom is -0.383 e. The zero-order valence-electron chi connectivity index (χ0n) is 22.6. The maximum Gasteiger partial charge on any atom is 0.254 e. The second-order valence-electron chi connectivity index (χ2n) is 10.8. The molecule has 1 saturated heterocycles. The maximum absolute atomic E-state index is 13.7. The van der Waals surface area contributed by atoms with Crippen LogP contribution in [0.4, 0.5) is 4.39 Å². The van der Waals surface area contributed by atoms with Crippen molar-refractivity contribution >= 4 is 11.8 Å². The molecule has 2 amide bonds. The number of hydrogen-bond acceptors (Lipinski definition) is 5. The number of amides is 2. The van der Waals surface area contributed by atoms with Gasteiger partial charge >= 0.3 is 0 Å². The molecule has 2 aromatic carbocycles. The van der Waals surface area contributed by atoms with Gasteiger partial charge in [-0.2, -0.15) is 0 Å². The quantitative estimate of drug-likeness (QED) is 0.523. The van der Waals surface area contributed by atoms with E-state index in [-0.39, 0.29) is 35.8 Å². The largest absolute Gasteiger partial charge is 0.383 e. The van der Waals surface area contributed by atoms with Crippen LogP contribution in [0.25, 0.3) is 0 Å². The van der Waals surface area contributed by atoms with Crippen molar-refractivity contribution in [1.82, 2.24) is 15.1 Å². The molecule has 2 atom stereocenters. The van der Waals surface area contributed by atoms with Crippen LogP contribution in [0.15, 0.2) is 48.5 Å². The second kappa shape index (κ2) is 13.3. The minimum absolute atomic E-state index is 0.0767. The smallest absolute Gasteiger partial charge is 0.254 e. The van der Waals surface area contributed by atoms with Crippen LogP contribution in [-0.2, 0) is 16.1 Å². The number of carbonyl (C=O) groups excluding carboxylic acids is 2. The lowest BCUT2D eigenvalue weighted by molar-refractivity contribution is -0.128. The first-order valence-electron chi connectivity index (χ1n) is 13.7. The molecule has 1 heterocycles. The molecule has 1 aliphatic carbocycles. The summed E-state index contributed by atoms with van der Waals surface area (Å²) in [5, 5.41) is 3.24. The van der Waals surface area contributed by atoms with Crippen LogP contribution in [0.2, 0.25) is 0 Å². The van der Waals surface area contributed by atoms with E-state index in [4.69, 9.17) is 10.5 Å². The van der Waals surface area contributed by atoms with Gasteiger partial charge in [-0.3, -0.25) is 14.5 Å². The van der Waals surface area contributed by atoms with E-state index in [1.54, 1.807) is 24.1 Å². The zero-order valence-corrected chi connectivity index (χ0v) is 22.6. The highest BCUT2D eigenvalue weighted by atomic mass is 19.1. The van der Waals surface area contributed by atoms with Gasteiger partial charge in [0.1, 0.15) is 11.9 Å². The van der Waals surface area contributed by atoms with Gasteiger partial charge < -0.3 is 20.7 Å². The summed E-state index contributed by atoms with van der Waals surface area (Å²) in [5.74, 6) is -0.471. The van der Waals surface area contributed by atoms with E-state index in [0.29, 0.717) is 38.2 Å². The molecule has 1 saturated carbocycles. The molecule has 0 radical (unpaired) electrons. The summed E-state index contributed by atoms with van der Waals surface area (Å²) in [6.45, 7) is 4.32. The van der Waals surface area contributed by atoms with Gasteiger partial charge in [0.25, 0.3) is 5.91 Å². The lowest BCUT2D eigenvalue weighted by atomic mass is 9.90. The minimum atomic E-state index is -0.573. The van der Waals surface area contributed by atoms with Gasteiger partial charge in [-0.1, -0.05) is 29.8 Å². The Hall–Kier alpha value is -2.81. The Morgan fingerprint density at radius 1 is 1.05 bits per heavy atom. The molecule has 2 aromatic rings. The third kappa shape index (κ3) is 7.40. The van der Waals surface area contributed by atoms with Crippen molar-refractivity contribution in [1.29, 1.82) is 0 Å². The van der Waals surface area contributed by atoms with Crippen molar-refractivity contribution in [2.75, 3.05) is 26.8 Å². The standard InChI is InChI=1S/C30H41FN4O3/c1-21-3-7-23(8-4-21)30(37)35-16-15-27(19-28(35)29(36)33-26-13-11-25(32)12-14-26)34(17-18-38-2)20-22-5-9-24(31)10-6-22/h3-10,25-28H,11-20,32H2,1-2H3,(H,33,36)/t25?,26?,27?,28-/m1/s1. The Labute approximate surface area is 225 Å². The number of nitrogens with one attached hydrogen (secondary N) is 1. The predicted octanol–water partition coefficient (Wildman–Crippen LogP) is 3.64. The fraction of sp³-hybridized carbons (Fsp3) is 0.533. The summed E-state index contributed by atoms with van der Waals surface area (Å²) < 4.78 is 18.9. The van der Waals surface area contributed by atoms with Gasteiger partial charge in [0.05, 0.1) is 6.61 Å². The molecule has 0 aromatic heterocycles. The van der Waals surface area contributed by atoms with Gasteiger partial charge in [0, 0.05) is 50.4 Å². The molecule has 2 fully saturated rings. The predicted molar refractivity (Wildman–Crippen MR) is 146 cm³/mol. The summed E-state index contributed by atoms with van der Waals surface area (Å²) >= 11 is 0. The third-order valence-corrected chi connectivity index (χ3v) is 7.95. The molecule has 1 aliphatic heterocycles. The highest BCUT2D eigenvalue weighted by Gasteiger charge is 2.39. The highest BCUT2D eigenvalue weighted by Crippen LogP contribution is 2.27. The Balaban J connectivity index is 1.54. The van der Waals surface area contributed by atoms with Crippen LogP contribution in [0.3, 0.4) is 0 Å². The molecule has 0 spiro atoms. The van der Waals surface area contributed by atoms with Crippen molar-refractivity contribution in [3.63, 3.8) is 0 Å². The van der Waals surface area contributed by atoms with E-state index in [1.807, 2.05) is 31.2 Å². The summed E-state index contributed by atoms with van der Waals surface area (Å²) in [6.07, 6.45) is 4.78. The summed E-state index contributed by atoms with van der Waals surface area (Å²) in [5.41, 5.74) is 8.75. The molecule has 38 heavy (non-hydrogen) atoms. The number of carbonyl (C=O) groups is 2. The molecule has 8 heteroatoms. The summed E-state index contributed by atoms with van der Waals surface area (Å²) in [4.78, 5) is 31.3. The Morgan fingerprint density at radius 2 is 1.74 bits per heavy atom. The SMILES string of the molecule is COCCN(Cc1ccc(F)cc1)C1CCN(C(=O)c2ccc(C)cc2)[C@@H](C(=O)NC2CCC(N)CC2)C1. The van der Waals surface area contributed by atoms with Gasteiger partial charge in [0.15, 0.2) is 0 Å². The van der Waals surface area contributed by atoms with Crippen LogP contribution in [0, 0.1) is 12.7 Å². The van der Waals surface area contributed by atoms with E-state index in [9.17, 15) is 14.0 Å². The van der Waals surface area contributed by atoms with Crippen molar-refractivity contribution in [2.24, 2.45) is 5.73 Å². The highest BCUT2D eigenvalue weighted by molar-refractivity contribution is 5.97. The molecular weight excluding hydrogens is 483 g/mol. The van der Waals surface area contributed by atoms with E-state index in [1.165, 1.54) is 12.1 Å². The van der Waals surface area contributed by atoms with Crippen molar-refractivity contribution in [3.8, 4) is 0 Å². The number of halogens is 1. The Bertz CT molecular complexity index is 1050. The number of aryl methyl sites for hydroxylation is 1. The molecule has 1 unspecified atom stereocenters. The first-order valence-corrected chi connectivity index (χ1v) is 13.7. The molecule has 2 aliphatic rings. The Kier molecular flexibility index (Phi) is 9.88. The maximum atomic E-state index is 13.7. The van der Waals surface area contributed by atoms with Crippen molar-refractivity contribution < 1.29 is 18.7 Å². The van der Waals surface area contributed by atoms with Crippen molar-refractivity contribution in [2.45, 2.75) is 76.2 Å². The normalized spacial score (nSPS) is 23.9. The fourth-order valence-electron chi connectivity index (χ4n) is 5.62. The van der Waals surface area contributed by atoms with Crippen LogP contribution in [0.1, 0.15) is 60.0 Å². The van der Waals surface area contributed by atoms with Gasteiger partial charge in [0.2, 0.25) is 5.91 Å². The number of methoxy groups -OCH3 is 1. The first-order chi connectivity index (χ1) is 18.3. The number of likely N-dealkylation sites (tertiary alicyclic amines) is 1. The average Bonchev–Trinajstić information content (AvgIpc) is 2.93. The van der Waals surface area contributed by atoms with Gasteiger partial charge in [-0.15, -0.1) is 0 Å². The number of nitrogens with two attached hydrogens (primary N) is 1. The molecule has 0 bridgehead atoms. The Morgan fingerprint density at radius 3 is 2.39 bits per heavy atom. The van der Waals surface area contributed by atoms with Gasteiger partial charge in [-0.05, 0) is 75.3 Å². The topological polar surface area (TPSA) is 87.9 Å². The molecule has 3 N–H and O–H groups in total. The van der Waals surface area contributed by atoms with E-state index in [0.717, 1.165) is 43.2 Å². The number of piperidine rings is 1. The second-order valence-corrected chi connectivity index (χ2v) is 10.8. The van der Waals surface area contributed by atoms with E-state index in [2.05, 4.69) is 10.2 Å². The summed E-state index contributed by atoms with van der Waals surface area (Å²) in [6, 6.07) is 13.8. The zero-order chi connectivity index (χ0) is 27.1. The van der Waals surface area contributed by atoms with Crippen LogP contribution in [-0.4, -0.2) is 72.6 Å². The summed E-state index contributed by atoms with van der Waals surface area (Å²) in [7, 11) is 1.67. The first kappa shape index (κ1) is 28.2. The number of rotatable bonds is 9. The van der Waals surface area contributed by atoms with Crippen LogP contribution in [0.5, 0.6) is 0 Å². The number of nitrogens with zero attached hydrogens (tertiary/aromatic N) is 2. The molecule has 7 nitrogen and oxygen atoms in total. The average molecular weight is 525 g/mol. The monoisotopic (exact) mass is 524 g/mol.